The number of nitrogens with zero attached hydrogens (tertiary/aromatic N) is 1. The molecule has 1 aromatic carbocycles. The lowest BCUT2D eigenvalue weighted by Gasteiger charge is -2.41. The van der Waals surface area contributed by atoms with E-state index in [1.54, 1.807) is 0 Å². The average molecular weight is 257 g/mol. The Balaban J connectivity index is 2.29. The van der Waals surface area contributed by atoms with Crippen LogP contribution in [-0.4, -0.2) is 29.2 Å². The third-order valence-corrected chi connectivity index (χ3v) is 4.15. The molecule has 0 bridgehead atoms. The molecule has 1 aliphatic rings. The maximum absolute atomic E-state index is 11.0. The number of terminal acetylenes is 1. The van der Waals surface area contributed by atoms with Crippen molar-refractivity contribution in [2.75, 3.05) is 13.1 Å². The van der Waals surface area contributed by atoms with Gasteiger partial charge in [0, 0.05) is 24.9 Å². The Morgan fingerprint density at radius 1 is 1.42 bits per heavy atom. The van der Waals surface area contributed by atoms with E-state index in [9.17, 15) is 4.79 Å². The molecule has 3 heteroatoms. The van der Waals surface area contributed by atoms with Crippen molar-refractivity contribution in [3.63, 3.8) is 0 Å². The second-order valence-electron chi connectivity index (χ2n) is 5.25. The number of hydrogen-bond acceptors (Lipinski definition) is 1. The molecule has 1 amide bonds. The first-order chi connectivity index (χ1) is 9.09. The smallest absolute Gasteiger partial charge is 0.407 e. The van der Waals surface area contributed by atoms with Gasteiger partial charge >= 0.3 is 6.09 Å². The lowest BCUT2D eigenvalue weighted by Crippen LogP contribution is -2.44. The first kappa shape index (κ1) is 13.5. The summed E-state index contributed by atoms with van der Waals surface area (Å²) >= 11 is 0. The number of benzene rings is 1. The van der Waals surface area contributed by atoms with E-state index in [4.69, 9.17) is 11.5 Å². The van der Waals surface area contributed by atoms with E-state index in [2.05, 4.69) is 25.0 Å². The van der Waals surface area contributed by atoms with E-state index in [1.807, 2.05) is 12.1 Å². The Morgan fingerprint density at radius 3 is 2.58 bits per heavy atom. The predicted octanol–water partition coefficient (Wildman–Crippen LogP) is 3.03. The summed E-state index contributed by atoms with van der Waals surface area (Å²) in [6, 6.07) is 8.28. The van der Waals surface area contributed by atoms with Crippen molar-refractivity contribution in [3.05, 3.63) is 35.4 Å². The number of rotatable bonds is 2. The number of hydrogen-bond donors (Lipinski definition) is 1. The highest BCUT2D eigenvalue weighted by molar-refractivity contribution is 5.65. The number of carboxylic acid groups (broad SMARTS) is 1. The highest BCUT2D eigenvalue weighted by atomic mass is 16.4. The van der Waals surface area contributed by atoms with Crippen molar-refractivity contribution in [1.82, 2.24) is 4.90 Å². The largest absolute Gasteiger partial charge is 0.465 e. The fraction of sp³-hybridized carbons (Fsp3) is 0.438. The molecule has 0 atom stereocenters. The van der Waals surface area contributed by atoms with Gasteiger partial charge in [-0.2, -0.15) is 0 Å². The highest BCUT2D eigenvalue weighted by Gasteiger charge is 2.37. The van der Waals surface area contributed by atoms with Crippen molar-refractivity contribution in [2.24, 2.45) is 0 Å². The van der Waals surface area contributed by atoms with E-state index in [0.717, 1.165) is 12.8 Å². The molecule has 1 saturated heterocycles. The minimum atomic E-state index is -0.834. The Bertz CT molecular complexity index is 508. The third-order valence-electron chi connectivity index (χ3n) is 4.15. The van der Waals surface area contributed by atoms with Gasteiger partial charge in [-0.1, -0.05) is 24.3 Å². The van der Waals surface area contributed by atoms with E-state index in [-0.39, 0.29) is 5.41 Å². The van der Waals surface area contributed by atoms with Crippen molar-refractivity contribution in [1.29, 1.82) is 0 Å². The summed E-state index contributed by atoms with van der Waals surface area (Å²) in [6.07, 6.45) is 6.98. The number of piperidine rings is 1. The fourth-order valence-corrected chi connectivity index (χ4v) is 3.03. The van der Waals surface area contributed by atoms with Crippen molar-refractivity contribution >= 4 is 6.09 Å². The molecule has 0 aromatic heterocycles. The number of aryl methyl sites for hydroxylation is 1. The molecule has 1 fully saturated rings. The molecule has 100 valence electrons. The molecule has 0 unspecified atom stereocenters. The molecule has 0 spiro atoms. The molecule has 1 aromatic rings. The van der Waals surface area contributed by atoms with Gasteiger partial charge in [0.15, 0.2) is 0 Å². The molecule has 1 aliphatic heterocycles. The predicted molar refractivity (Wildman–Crippen MR) is 75.1 cm³/mol. The quantitative estimate of drug-likeness (QED) is 0.827. The maximum atomic E-state index is 11.0. The summed E-state index contributed by atoms with van der Waals surface area (Å²) < 4.78 is 0. The van der Waals surface area contributed by atoms with Gasteiger partial charge in [0.2, 0.25) is 0 Å². The van der Waals surface area contributed by atoms with Crippen LogP contribution in [0.4, 0.5) is 4.79 Å². The first-order valence-electron chi connectivity index (χ1n) is 6.56. The zero-order valence-corrected chi connectivity index (χ0v) is 11.2. The van der Waals surface area contributed by atoms with Gasteiger partial charge in [-0.25, -0.2) is 4.79 Å². The monoisotopic (exact) mass is 257 g/mol. The van der Waals surface area contributed by atoms with Gasteiger partial charge in [-0.05, 0) is 30.9 Å². The number of likely N-dealkylation sites (tertiary alicyclic amines) is 1. The van der Waals surface area contributed by atoms with Crippen LogP contribution in [-0.2, 0) is 5.41 Å². The summed E-state index contributed by atoms with van der Waals surface area (Å²) in [5.74, 6) is 2.78. The Kier molecular flexibility index (Phi) is 3.80. The van der Waals surface area contributed by atoms with Crippen LogP contribution in [0.2, 0.25) is 0 Å². The number of amides is 1. The molecule has 3 nitrogen and oxygen atoms in total. The first-order valence-corrected chi connectivity index (χ1v) is 6.56. The lowest BCUT2D eigenvalue weighted by molar-refractivity contribution is 0.117. The van der Waals surface area contributed by atoms with Crippen LogP contribution in [0.15, 0.2) is 24.3 Å². The fourth-order valence-electron chi connectivity index (χ4n) is 3.03. The van der Waals surface area contributed by atoms with Crippen LogP contribution in [0.25, 0.3) is 0 Å². The van der Waals surface area contributed by atoms with Crippen LogP contribution >= 0.6 is 0 Å². The molecule has 1 N–H and O–H groups in total. The minimum Gasteiger partial charge on any atom is -0.465 e. The standard InChI is InChI=1S/C16H19NO2/c1-3-8-16(14-7-5-4-6-13(14)2)9-11-17(12-10-16)15(18)19/h1,4-7H,8-12H2,2H3,(H,18,19). The van der Waals surface area contributed by atoms with Crippen LogP contribution in [0.1, 0.15) is 30.4 Å². The van der Waals surface area contributed by atoms with E-state index in [1.165, 1.54) is 16.0 Å². The second kappa shape index (κ2) is 5.36. The zero-order valence-electron chi connectivity index (χ0n) is 11.2. The van der Waals surface area contributed by atoms with E-state index in [0.29, 0.717) is 19.5 Å². The summed E-state index contributed by atoms with van der Waals surface area (Å²) in [4.78, 5) is 12.5. The van der Waals surface area contributed by atoms with Gasteiger partial charge in [-0.3, -0.25) is 0 Å². The van der Waals surface area contributed by atoms with Crippen LogP contribution in [0.5, 0.6) is 0 Å². The highest BCUT2D eigenvalue weighted by Crippen LogP contribution is 2.39. The maximum Gasteiger partial charge on any atom is 0.407 e. The second-order valence-corrected chi connectivity index (χ2v) is 5.25. The lowest BCUT2D eigenvalue weighted by atomic mass is 9.69. The zero-order chi connectivity index (χ0) is 13.9. The summed E-state index contributed by atoms with van der Waals surface area (Å²) in [6.45, 7) is 3.22. The van der Waals surface area contributed by atoms with Crippen LogP contribution in [0.3, 0.4) is 0 Å². The van der Waals surface area contributed by atoms with Gasteiger partial charge in [0.25, 0.3) is 0 Å². The van der Waals surface area contributed by atoms with Gasteiger partial charge in [0.05, 0.1) is 0 Å². The molecule has 19 heavy (non-hydrogen) atoms. The SMILES string of the molecule is C#CCC1(c2ccccc2C)CCN(C(=O)O)CC1. The third kappa shape index (κ3) is 2.58. The molecule has 0 aliphatic carbocycles. The Labute approximate surface area is 114 Å². The Hall–Kier alpha value is -1.95. The molecule has 0 saturated carbocycles. The van der Waals surface area contributed by atoms with Crippen molar-refractivity contribution in [3.8, 4) is 12.3 Å². The topological polar surface area (TPSA) is 40.5 Å². The molecular formula is C16H19NO2. The van der Waals surface area contributed by atoms with Gasteiger partial charge in [0.1, 0.15) is 0 Å². The van der Waals surface area contributed by atoms with Crippen LogP contribution < -0.4 is 0 Å². The minimum absolute atomic E-state index is 0.0634. The summed E-state index contributed by atoms with van der Waals surface area (Å²) in [5.41, 5.74) is 2.45. The molecule has 0 radical (unpaired) electrons. The molecular weight excluding hydrogens is 238 g/mol. The van der Waals surface area contributed by atoms with E-state index >= 15 is 0 Å². The summed E-state index contributed by atoms with van der Waals surface area (Å²) in [7, 11) is 0. The summed E-state index contributed by atoms with van der Waals surface area (Å²) in [5, 5.41) is 9.05. The Morgan fingerprint density at radius 2 is 2.05 bits per heavy atom. The molecule has 1 heterocycles. The van der Waals surface area contributed by atoms with Gasteiger partial charge in [-0.15, -0.1) is 12.3 Å². The van der Waals surface area contributed by atoms with E-state index < -0.39 is 6.09 Å². The van der Waals surface area contributed by atoms with Crippen molar-refractivity contribution < 1.29 is 9.90 Å². The normalized spacial score (nSPS) is 17.8. The number of carbonyl (C=O) groups is 1. The molecule has 2 rings (SSSR count). The van der Waals surface area contributed by atoms with Gasteiger partial charge < -0.3 is 10.0 Å². The van der Waals surface area contributed by atoms with Crippen molar-refractivity contribution in [2.45, 2.75) is 31.6 Å². The average Bonchev–Trinajstić information content (AvgIpc) is 2.40. The van der Waals surface area contributed by atoms with Crippen LogP contribution in [0, 0.1) is 19.3 Å².